The van der Waals surface area contributed by atoms with E-state index in [2.05, 4.69) is 16.8 Å². The van der Waals surface area contributed by atoms with Crippen molar-refractivity contribution in [3.8, 4) is 11.4 Å². The third-order valence-electron chi connectivity index (χ3n) is 5.28. The van der Waals surface area contributed by atoms with Crippen LogP contribution in [-0.2, 0) is 14.6 Å². The molecule has 5 rings (SSSR count). The van der Waals surface area contributed by atoms with Gasteiger partial charge >= 0.3 is 0 Å². The van der Waals surface area contributed by atoms with Gasteiger partial charge in [0.05, 0.1) is 24.0 Å². The molecule has 1 aromatic carbocycles. The molecule has 0 aliphatic carbocycles. The Hall–Kier alpha value is -2.20. The van der Waals surface area contributed by atoms with Crippen molar-refractivity contribution in [2.75, 3.05) is 30.9 Å². The van der Waals surface area contributed by atoms with Crippen molar-refractivity contribution >= 4 is 59.7 Å². The van der Waals surface area contributed by atoms with E-state index >= 15 is 0 Å². The van der Waals surface area contributed by atoms with E-state index in [9.17, 15) is 8.42 Å². The average molecular weight is 463 g/mol. The minimum Gasteiger partial charge on any atom is -0.377 e. The third-order valence-corrected chi connectivity index (χ3v) is 7.72. The maximum atomic E-state index is 12.4. The zero-order chi connectivity index (χ0) is 21.0. The molecule has 0 amide bonds. The van der Waals surface area contributed by atoms with Crippen LogP contribution in [0.15, 0.2) is 34.7 Å². The summed E-state index contributed by atoms with van der Waals surface area (Å²) in [7, 11) is -3.44. The summed E-state index contributed by atoms with van der Waals surface area (Å²) in [6.07, 6.45) is 3.04. The Bertz CT molecular complexity index is 1380. The van der Waals surface area contributed by atoms with Crippen molar-refractivity contribution in [3.63, 3.8) is 0 Å². The molecule has 1 saturated heterocycles. The molecular weight excluding hydrogens is 444 g/mol. The maximum Gasteiger partial charge on any atom is 0.178 e. The number of anilines is 1. The van der Waals surface area contributed by atoms with Crippen LogP contribution in [0.2, 0.25) is 5.02 Å². The lowest BCUT2D eigenvalue weighted by Gasteiger charge is -2.34. The number of fused-ring (bicyclic) bond motifs is 2. The van der Waals surface area contributed by atoms with Crippen LogP contribution in [0.25, 0.3) is 32.5 Å². The summed E-state index contributed by atoms with van der Waals surface area (Å²) in [5.41, 5.74) is 2.08. The SMILES string of the molecule is C[C@@H]1COCCN1c1nc(-c2cc(Cl)cc3[nH]ccc23)nc2c(S(C)(=O)=O)csc12. The molecule has 1 aliphatic heterocycles. The molecule has 0 radical (unpaired) electrons. The van der Waals surface area contributed by atoms with Crippen molar-refractivity contribution < 1.29 is 13.2 Å². The van der Waals surface area contributed by atoms with Gasteiger partial charge < -0.3 is 14.6 Å². The second-order valence-corrected chi connectivity index (χ2v) is 10.7. The number of sulfone groups is 1. The number of ether oxygens (including phenoxy) is 1. The number of nitrogens with one attached hydrogen (secondary N) is 1. The fraction of sp³-hybridized carbons (Fsp3) is 0.300. The number of hydrogen-bond acceptors (Lipinski definition) is 7. The predicted octanol–water partition coefficient (Wildman–Crippen LogP) is 4.12. The first-order chi connectivity index (χ1) is 14.3. The average Bonchev–Trinajstić information content (AvgIpc) is 3.33. The van der Waals surface area contributed by atoms with Crippen molar-refractivity contribution in [3.05, 3.63) is 34.8 Å². The number of aromatic amines is 1. The number of rotatable bonds is 3. The van der Waals surface area contributed by atoms with Gasteiger partial charge in [0.1, 0.15) is 10.4 Å². The summed E-state index contributed by atoms with van der Waals surface area (Å²) >= 11 is 7.70. The van der Waals surface area contributed by atoms with Crippen LogP contribution in [0.4, 0.5) is 5.82 Å². The van der Waals surface area contributed by atoms with Gasteiger partial charge in [0.25, 0.3) is 0 Å². The molecule has 1 N–H and O–H groups in total. The van der Waals surface area contributed by atoms with Gasteiger partial charge in [-0.2, -0.15) is 0 Å². The van der Waals surface area contributed by atoms with Crippen LogP contribution in [0.1, 0.15) is 6.92 Å². The van der Waals surface area contributed by atoms with Gasteiger partial charge in [-0.25, -0.2) is 18.4 Å². The number of hydrogen-bond donors (Lipinski definition) is 1. The van der Waals surface area contributed by atoms with Gasteiger partial charge in [-0.15, -0.1) is 11.3 Å². The van der Waals surface area contributed by atoms with Gasteiger partial charge in [0.15, 0.2) is 21.5 Å². The van der Waals surface area contributed by atoms with E-state index in [4.69, 9.17) is 26.3 Å². The lowest BCUT2D eigenvalue weighted by Crippen LogP contribution is -2.44. The lowest BCUT2D eigenvalue weighted by atomic mass is 10.1. The first-order valence-electron chi connectivity index (χ1n) is 9.43. The number of benzene rings is 1. The van der Waals surface area contributed by atoms with E-state index in [0.29, 0.717) is 36.1 Å². The monoisotopic (exact) mass is 462 g/mol. The van der Waals surface area contributed by atoms with E-state index in [1.807, 2.05) is 24.4 Å². The van der Waals surface area contributed by atoms with Crippen molar-refractivity contribution in [1.82, 2.24) is 15.0 Å². The van der Waals surface area contributed by atoms with Crippen LogP contribution in [0.5, 0.6) is 0 Å². The molecule has 4 aromatic rings. The third kappa shape index (κ3) is 3.26. The number of aromatic nitrogens is 3. The molecule has 3 aromatic heterocycles. The summed E-state index contributed by atoms with van der Waals surface area (Å²) in [6, 6.07) is 5.71. The minimum atomic E-state index is -3.44. The number of halogens is 1. The number of nitrogens with zero attached hydrogens (tertiary/aromatic N) is 3. The quantitative estimate of drug-likeness (QED) is 0.492. The molecule has 0 saturated carbocycles. The first-order valence-corrected chi connectivity index (χ1v) is 12.6. The van der Waals surface area contributed by atoms with Gasteiger partial charge in [-0.3, -0.25) is 0 Å². The van der Waals surface area contributed by atoms with Crippen LogP contribution < -0.4 is 4.90 Å². The largest absolute Gasteiger partial charge is 0.377 e. The van der Waals surface area contributed by atoms with Gasteiger partial charge in [0.2, 0.25) is 0 Å². The molecule has 7 nitrogen and oxygen atoms in total. The molecule has 4 heterocycles. The highest BCUT2D eigenvalue weighted by Gasteiger charge is 2.27. The Morgan fingerprint density at radius 2 is 2.17 bits per heavy atom. The topological polar surface area (TPSA) is 88.2 Å². The highest BCUT2D eigenvalue weighted by Crippen LogP contribution is 2.39. The number of thiophene rings is 1. The summed E-state index contributed by atoms with van der Waals surface area (Å²) in [5.74, 6) is 1.18. The second kappa shape index (κ2) is 7.19. The lowest BCUT2D eigenvalue weighted by molar-refractivity contribution is 0.0987. The van der Waals surface area contributed by atoms with E-state index < -0.39 is 9.84 Å². The fourth-order valence-electron chi connectivity index (χ4n) is 3.82. The molecule has 1 fully saturated rings. The van der Waals surface area contributed by atoms with Crippen molar-refractivity contribution in [2.24, 2.45) is 0 Å². The minimum absolute atomic E-state index is 0.111. The van der Waals surface area contributed by atoms with Crippen LogP contribution in [-0.4, -0.2) is 55.4 Å². The number of H-pyrrole nitrogens is 1. The molecule has 10 heteroatoms. The van der Waals surface area contributed by atoms with Crippen LogP contribution >= 0.6 is 22.9 Å². The molecule has 1 aliphatic rings. The van der Waals surface area contributed by atoms with Gasteiger partial charge in [0, 0.05) is 45.9 Å². The van der Waals surface area contributed by atoms with Gasteiger partial charge in [-0.1, -0.05) is 11.6 Å². The molecule has 1 atom stereocenters. The van der Waals surface area contributed by atoms with Gasteiger partial charge in [-0.05, 0) is 25.1 Å². The van der Waals surface area contributed by atoms with Crippen molar-refractivity contribution in [1.29, 1.82) is 0 Å². The molecule has 0 bridgehead atoms. The molecule has 30 heavy (non-hydrogen) atoms. The summed E-state index contributed by atoms with van der Waals surface area (Å²) < 4.78 is 31.2. The normalized spacial score (nSPS) is 17.8. The van der Waals surface area contributed by atoms with Crippen LogP contribution in [0, 0.1) is 0 Å². The first kappa shape index (κ1) is 19.7. The highest BCUT2D eigenvalue weighted by molar-refractivity contribution is 7.91. The maximum absolute atomic E-state index is 12.4. The number of morpholine rings is 1. The zero-order valence-electron chi connectivity index (χ0n) is 16.3. The van der Waals surface area contributed by atoms with E-state index in [1.165, 1.54) is 17.6 Å². The van der Waals surface area contributed by atoms with E-state index in [0.717, 1.165) is 27.0 Å². The smallest absolute Gasteiger partial charge is 0.178 e. The Morgan fingerprint density at radius 1 is 1.33 bits per heavy atom. The zero-order valence-corrected chi connectivity index (χ0v) is 18.7. The highest BCUT2D eigenvalue weighted by atomic mass is 35.5. The Balaban J connectivity index is 1.83. The predicted molar refractivity (Wildman–Crippen MR) is 120 cm³/mol. The molecule has 156 valence electrons. The van der Waals surface area contributed by atoms with E-state index in [-0.39, 0.29) is 10.9 Å². The second-order valence-electron chi connectivity index (χ2n) is 7.43. The van der Waals surface area contributed by atoms with Crippen LogP contribution in [0.3, 0.4) is 0 Å². The fourth-order valence-corrected chi connectivity index (χ4v) is 6.32. The molecule has 0 spiro atoms. The van der Waals surface area contributed by atoms with Crippen molar-refractivity contribution in [2.45, 2.75) is 17.9 Å². The summed E-state index contributed by atoms with van der Waals surface area (Å²) in [5, 5.41) is 3.13. The van der Waals surface area contributed by atoms with E-state index in [1.54, 1.807) is 5.38 Å². The molecular formula is C20H19ClN4O3S2. The Kier molecular flexibility index (Phi) is 4.73. The standard InChI is InChI=1S/C20H19ClN4O3S2/c1-11-9-28-6-5-25(11)20-18-17(16(10-29-18)30(2,26)27)23-19(24-20)14-7-12(21)8-15-13(14)3-4-22-15/h3-4,7-8,10-11,22H,5-6,9H2,1-2H3/t11-/m1/s1. The Labute approximate surface area is 182 Å². The summed E-state index contributed by atoms with van der Waals surface area (Å²) in [6.45, 7) is 3.93. The summed E-state index contributed by atoms with van der Waals surface area (Å²) in [4.78, 5) is 15.2. The Morgan fingerprint density at radius 3 is 2.93 bits per heavy atom. The molecule has 0 unspecified atom stereocenters.